The number of hydrogen-bond donors (Lipinski definition) is 1. The SMILES string of the molecule is Cc1c(C(=O)NCCc2nc3c(s2)CCC3)ccn1C. The van der Waals surface area contributed by atoms with E-state index in [1.165, 1.54) is 23.4 Å². The fraction of sp³-hybridized carbons (Fsp3) is 0.467. The molecule has 5 heteroatoms. The van der Waals surface area contributed by atoms with Gasteiger partial charge < -0.3 is 9.88 Å². The molecule has 0 bridgehead atoms. The van der Waals surface area contributed by atoms with Gasteiger partial charge in [-0.15, -0.1) is 11.3 Å². The van der Waals surface area contributed by atoms with Gasteiger partial charge in [0, 0.05) is 36.8 Å². The number of aryl methyl sites for hydroxylation is 3. The van der Waals surface area contributed by atoms with Gasteiger partial charge in [0.25, 0.3) is 5.91 Å². The van der Waals surface area contributed by atoms with Crippen molar-refractivity contribution in [3.63, 3.8) is 0 Å². The zero-order valence-corrected chi connectivity index (χ0v) is 12.7. The van der Waals surface area contributed by atoms with Gasteiger partial charge in [-0.05, 0) is 32.3 Å². The topological polar surface area (TPSA) is 46.9 Å². The van der Waals surface area contributed by atoms with Gasteiger partial charge in [-0.1, -0.05) is 0 Å². The molecule has 3 rings (SSSR count). The lowest BCUT2D eigenvalue weighted by atomic mass is 10.2. The molecule has 1 aliphatic carbocycles. The summed E-state index contributed by atoms with van der Waals surface area (Å²) >= 11 is 1.81. The third-order valence-electron chi connectivity index (χ3n) is 3.89. The van der Waals surface area contributed by atoms with Crippen LogP contribution in [0, 0.1) is 6.92 Å². The molecule has 1 amide bonds. The summed E-state index contributed by atoms with van der Waals surface area (Å²) in [6.07, 6.45) is 6.30. The third-order valence-corrected chi connectivity index (χ3v) is 5.11. The zero-order chi connectivity index (χ0) is 14.1. The average molecular weight is 289 g/mol. The van der Waals surface area contributed by atoms with Crippen molar-refractivity contribution in [2.45, 2.75) is 32.6 Å². The highest BCUT2D eigenvalue weighted by molar-refractivity contribution is 7.11. The molecule has 20 heavy (non-hydrogen) atoms. The first-order valence-corrected chi connectivity index (χ1v) is 7.84. The lowest BCUT2D eigenvalue weighted by Crippen LogP contribution is -2.26. The highest BCUT2D eigenvalue weighted by Gasteiger charge is 2.16. The van der Waals surface area contributed by atoms with E-state index in [1.54, 1.807) is 0 Å². The van der Waals surface area contributed by atoms with Crippen molar-refractivity contribution < 1.29 is 4.79 Å². The van der Waals surface area contributed by atoms with Crippen LogP contribution in [0.4, 0.5) is 0 Å². The monoisotopic (exact) mass is 289 g/mol. The van der Waals surface area contributed by atoms with Crippen molar-refractivity contribution in [2.24, 2.45) is 7.05 Å². The molecule has 106 valence electrons. The average Bonchev–Trinajstić information content (AvgIpc) is 3.06. The van der Waals surface area contributed by atoms with Crippen LogP contribution in [-0.4, -0.2) is 22.0 Å². The van der Waals surface area contributed by atoms with Gasteiger partial charge in [0.2, 0.25) is 0 Å². The fourth-order valence-electron chi connectivity index (χ4n) is 2.58. The second-order valence-electron chi connectivity index (χ2n) is 5.26. The van der Waals surface area contributed by atoms with Crippen molar-refractivity contribution in [2.75, 3.05) is 6.54 Å². The van der Waals surface area contributed by atoms with Crippen LogP contribution >= 0.6 is 11.3 Å². The third kappa shape index (κ3) is 2.50. The minimum atomic E-state index is 0.00666. The first kappa shape index (κ1) is 13.4. The van der Waals surface area contributed by atoms with E-state index in [2.05, 4.69) is 10.3 Å². The molecule has 0 unspecified atom stereocenters. The minimum absolute atomic E-state index is 0.00666. The van der Waals surface area contributed by atoms with Crippen LogP contribution in [0.5, 0.6) is 0 Å². The van der Waals surface area contributed by atoms with Crippen LogP contribution in [0.1, 0.15) is 38.1 Å². The number of thiazole rings is 1. The Balaban J connectivity index is 1.54. The Bertz CT molecular complexity index is 620. The molecule has 2 heterocycles. The van der Waals surface area contributed by atoms with Crippen LogP contribution in [0.3, 0.4) is 0 Å². The quantitative estimate of drug-likeness (QED) is 0.938. The first-order chi connectivity index (χ1) is 9.65. The van der Waals surface area contributed by atoms with E-state index in [9.17, 15) is 4.79 Å². The molecule has 0 atom stereocenters. The number of carbonyl (C=O) groups is 1. The summed E-state index contributed by atoms with van der Waals surface area (Å²) in [4.78, 5) is 18.2. The Morgan fingerprint density at radius 1 is 1.50 bits per heavy atom. The van der Waals surface area contributed by atoms with Gasteiger partial charge >= 0.3 is 0 Å². The maximum Gasteiger partial charge on any atom is 0.253 e. The summed E-state index contributed by atoms with van der Waals surface area (Å²) in [5, 5.41) is 4.13. The van der Waals surface area contributed by atoms with Crippen molar-refractivity contribution >= 4 is 17.2 Å². The molecule has 1 aliphatic rings. The van der Waals surface area contributed by atoms with E-state index in [-0.39, 0.29) is 5.91 Å². The van der Waals surface area contributed by atoms with E-state index >= 15 is 0 Å². The molecular formula is C15H19N3OS. The molecule has 0 spiro atoms. The zero-order valence-electron chi connectivity index (χ0n) is 11.9. The first-order valence-electron chi connectivity index (χ1n) is 7.02. The number of aromatic nitrogens is 2. The number of hydrogen-bond acceptors (Lipinski definition) is 3. The second kappa shape index (κ2) is 5.40. The van der Waals surface area contributed by atoms with Crippen LogP contribution in [0.2, 0.25) is 0 Å². The Morgan fingerprint density at radius 3 is 3.05 bits per heavy atom. The summed E-state index contributed by atoms with van der Waals surface area (Å²) < 4.78 is 1.96. The van der Waals surface area contributed by atoms with Gasteiger partial charge in [0.1, 0.15) is 0 Å². The summed E-state index contributed by atoms with van der Waals surface area (Å²) in [6.45, 7) is 2.61. The number of nitrogens with zero attached hydrogens (tertiary/aromatic N) is 2. The van der Waals surface area contributed by atoms with Crippen LogP contribution in [0.15, 0.2) is 12.3 Å². The number of carbonyl (C=O) groups excluding carboxylic acids is 1. The van der Waals surface area contributed by atoms with Gasteiger partial charge in [-0.2, -0.15) is 0 Å². The van der Waals surface area contributed by atoms with Crippen molar-refractivity contribution in [1.82, 2.24) is 14.9 Å². The van der Waals surface area contributed by atoms with Gasteiger partial charge in [0.15, 0.2) is 0 Å². The molecular weight excluding hydrogens is 270 g/mol. The van der Waals surface area contributed by atoms with Gasteiger partial charge in [0.05, 0.1) is 16.3 Å². The van der Waals surface area contributed by atoms with Crippen LogP contribution < -0.4 is 5.32 Å². The van der Waals surface area contributed by atoms with E-state index in [4.69, 9.17) is 0 Å². The lowest BCUT2D eigenvalue weighted by molar-refractivity contribution is 0.0953. The second-order valence-corrected chi connectivity index (χ2v) is 6.43. The lowest BCUT2D eigenvalue weighted by Gasteiger charge is -2.04. The number of fused-ring (bicyclic) bond motifs is 1. The fourth-order valence-corrected chi connectivity index (χ4v) is 3.73. The highest BCUT2D eigenvalue weighted by atomic mass is 32.1. The van der Waals surface area contributed by atoms with E-state index in [0.29, 0.717) is 6.54 Å². The molecule has 0 aromatic carbocycles. The van der Waals surface area contributed by atoms with E-state index in [1.807, 2.05) is 42.1 Å². The Labute approximate surface area is 122 Å². The van der Waals surface area contributed by atoms with Crippen molar-refractivity contribution in [1.29, 1.82) is 0 Å². The number of nitrogens with one attached hydrogen (secondary N) is 1. The Kier molecular flexibility index (Phi) is 3.61. The maximum atomic E-state index is 12.1. The number of amides is 1. The van der Waals surface area contributed by atoms with Crippen molar-refractivity contribution in [3.05, 3.63) is 39.1 Å². The predicted molar refractivity (Wildman–Crippen MR) is 80.3 cm³/mol. The molecule has 0 aliphatic heterocycles. The molecule has 0 saturated carbocycles. The summed E-state index contributed by atoms with van der Waals surface area (Å²) in [5.41, 5.74) is 3.04. The molecule has 0 fully saturated rings. The molecule has 1 N–H and O–H groups in total. The Hall–Kier alpha value is -1.62. The smallest absolute Gasteiger partial charge is 0.253 e. The Morgan fingerprint density at radius 2 is 2.35 bits per heavy atom. The molecule has 2 aromatic rings. The van der Waals surface area contributed by atoms with Crippen LogP contribution in [-0.2, 0) is 26.3 Å². The van der Waals surface area contributed by atoms with E-state index < -0.39 is 0 Å². The standard InChI is InChI=1S/C15H19N3OS/c1-10-11(7-9-18(10)2)15(19)16-8-6-14-17-12-4-3-5-13(12)20-14/h7,9H,3-6,8H2,1-2H3,(H,16,19). The normalized spacial score (nSPS) is 13.5. The molecule has 4 nitrogen and oxygen atoms in total. The molecule has 0 radical (unpaired) electrons. The summed E-state index contributed by atoms with van der Waals surface area (Å²) in [7, 11) is 1.95. The summed E-state index contributed by atoms with van der Waals surface area (Å²) in [5.74, 6) is 0.00666. The maximum absolute atomic E-state index is 12.1. The molecule has 0 saturated heterocycles. The summed E-state index contributed by atoms with van der Waals surface area (Å²) in [6, 6.07) is 1.86. The van der Waals surface area contributed by atoms with Crippen LogP contribution in [0.25, 0.3) is 0 Å². The highest BCUT2D eigenvalue weighted by Crippen LogP contribution is 2.27. The predicted octanol–water partition coefficient (Wildman–Crippen LogP) is 2.25. The largest absolute Gasteiger partial charge is 0.354 e. The minimum Gasteiger partial charge on any atom is -0.354 e. The van der Waals surface area contributed by atoms with E-state index in [0.717, 1.165) is 29.1 Å². The van der Waals surface area contributed by atoms with Crippen molar-refractivity contribution in [3.8, 4) is 0 Å². The van der Waals surface area contributed by atoms with Gasteiger partial charge in [-0.25, -0.2) is 4.98 Å². The molecule has 2 aromatic heterocycles. The van der Waals surface area contributed by atoms with Gasteiger partial charge in [-0.3, -0.25) is 4.79 Å². The number of rotatable bonds is 4.